The van der Waals surface area contributed by atoms with Crippen molar-refractivity contribution in [3.63, 3.8) is 0 Å². The molecule has 9 nitrogen and oxygen atoms in total. The van der Waals surface area contributed by atoms with Gasteiger partial charge in [-0.1, -0.05) is 0 Å². The summed E-state index contributed by atoms with van der Waals surface area (Å²) in [4.78, 5) is 29.7. The van der Waals surface area contributed by atoms with E-state index in [-0.39, 0.29) is 0 Å². The van der Waals surface area contributed by atoms with Crippen molar-refractivity contribution >= 4 is 23.6 Å². The van der Waals surface area contributed by atoms with E-state index in [0.717, 1.165) is 68.4 Å². The van der Waals surface area contributed by atoms with Gasteiger partial charge in [0.15, 0.2) is 17.8 Å². The van der Waals surface area contributed by atoms with Crippen LogP contribution in [0.4, 0.5) is 11.6 Å². The first kappa shape index (κ1) is 18.0. The van der Waals surface area contributed by atoms with E-state index in [1.54, 1.807) is 6.20 Å². The van der Waals surface area contributed by atoms with Gasteiger partial charge in [0.05, 0.1) is 25.1 Å². The number of nitrogens with zero attached hydrogens (tertiary/aromatic N) is 6. The lowest BCUT2D eigenvalue weighted by Gasteiger charge is -2.28. The fourth-order valence-corrected chi connectivity index (χ4v) is 3.87. The number of piperazine rings is 1. The van der Waals surface area contributed by atoms with E-state index >= 15 is 0 Å². The first-order chi connectivity index (χ1) is 14.3. The summed E-state index contributed by atoms with van der Waals surface area (Å²) in [6.07, 6.45) is 6.22. The van der Waals surface area contributed by atoms with Gasteiger partial charge in [-0.2, -0.15) is 0 Å². The highest BCUT2D eigenvalue weighted by Crippen LogP contribution is 2.27. The summed E-state index contributed by atoms with van der Waals surface area (Å²) in [5.41, 5.74) is 2.86. The zero-order chi connectivity index (χ0) is 19.6. The lowest BCUT2D eigenvalue weighted by Crippen LogP contribution is -2.43. The number of imidazole rings is 1. The normalized spacial score (nSPS) is 17.7. The van der Waals surface area contributed by atoms with E-state index in [1.165, 1.54) is 0 Å². The molecule has 2 aliphatic rings. The van der Waals surface area contributed by atoms with E-state index < -0.39 is 0 Å². The highest BCUT2D eigenvalue weighted by Gasteiger charge is 2.20. The molecule has 0 amide bonds. The first-order valence-electron chi connectivity index (χ1n) is 9.91. The van der Waals surface area contributed by atoms with Gasteiger partial charge >= 0.3 is 0 Å². The second-order valence-electron chi connectivity index (χ2n) is 7.19. The van der Waals surface area contributed by atoms with Crippen LogP contribution in [0, 0.1) is 0 Å². The summed E-state index contributed by atoms with van der Waals surface area (Å²) in [6.45, 7) is 6.69. The molecule has 0 unspecified atom stereocenters. The second kappa shape index (κ2) is 7.76. The number of aromatic nitrogens is 4. The lowest BCUT2D eigenvalue weighted by molar-refractivity contribution is 0.111. The molecule has 29 heavy (non-hydrogen) atoms. The fraction of sp³-hybridized carbons (Fsp3) is 0.400. The van der Waals surface area contributed by atoms with Crippen molar-refractivity contribution in [2.45, 2.75) is 0 Å². The number of pyridine rings is 1. The van der Waals surface area contributed by atoms with Crippen LogP contribution in [0.5, 0.6) is 0 Å². The van der Waals surface area contributed by atoms with E-state index in [9.17, 15) is 4.79 Å². The zero-order valence-corrected chi connectivity index (χ0v) is 16.1. The van der Waals surface area contributed by atoms with Crippen LogP contribution in [0.25, 0.3) is 16.9 Å². The van der Waals surface area contributed by atoms with Crippen LogP contribution in [-0.2, 0) is 4.74 Å². The number of ether oxygens (including phenoxy) is 1. The molecule has 3 aromatic heterocycles. The van der Waals surface area contributed by atoms with E-state index in [2.05, 4.69) is 31.2 Å². The van der Waals surface area contributed by atoms with Gasteiger partial charge in [-0.3, -0.25) is 9.20 Å². The van der Waals surface area contributed by atoms with Crippen LogP contribution in [0.3, 0.4) is 0 Å². The van der Waals surface area contributed by atoms with Gasteiger partial charge in [-0.05, 0) is 12.1 Å². The predicted octanol–water partition coefficient (Wildman–Crippen LogP) is 0.850. The lowest BCUT2D eigenvalue weighted by atomic mass is 10.2. The van der Waals surface area contributed by atoms with Crippen molar-refractivity contribution in [2.24, 2.45) is 0 Å². The number of carbonyl (C=O) groups excluding carboxylic acids is 1. The molecule has 9 heteroatoms. The van der Waals surface area contributed by atoms with Crippen LogP contribution in [0.15, 0.2) is 30.7 Å². The molecule has 5 rings (SSSR count). The summed E-state index contributed by atoms with van der Waals surface area (Å²) in [6, 6.07) is 4.09. The van der Waals surface area contributed by atoms with Crippen LogP contribution < -0.4 is 15.1 Å². The Morgan fingerprint density at radius 3 is 2.55 bits per heavy atom. The van der Waals surface area contributed by atoms with Crippen molar-refractivity contribution in [3.05, 3.63) is 36.4 Å². The largest absolute Gasteiger partial charge is 0.378 e. The SMILES string of the molecule is O=Cc1cn2c(-c3ccc(N4CCNCC4)nc3)cnc(N3CCOCC3)c2n1. The highest BCUT2D eigenvalue weighted by atomic mass is 16.5. The minimum atomic E-state index is 0.388. The van der Waals surface area contributed by atoms with Gasteiger partial charge in [0.2, 0.25) is 0 Å². The quantitative estimate of drug-likeness (QED) is 0.653. The van der Waals surface area contributed by atoms with E-state index in [0.29, 0.717) is 24.6 Å². The third-order valence-electron chi connectivity index (χ3n) is 5.41. The van der Waals surface area contributed by atoms with E-state index in [1.807, 2.05) is 22.9 Å². The second-order valence-corrected chi connectivity index (χ2v) is 7.19. The number of hydrogen-bond donors (Lipinski definition) is 1. The fourth-order valence-electron chi connectivity index (χ4n) is 3.87. The average molecular weight is 393 g/mol. The van der Waals surface area contributed by atoms with Crippen molar-refractivity contribution in [1.82, 2.24) is 24.7 Å². The van der Waals surface area contributed by atoms with Gasteiger partial charge in [0.1, 0.15) is 11.5 Å². The number of hydrogen-bond acceptors (Lipinski definition) is 8. The topological polar surface area (TPSA) is 87.9 Å². The Kier molecular flexibility index (Phi) is 4.82. The molecule has 0 radical (unpaired) electrons. The maximum Gasteiger partial charge on any atom is 0.181 e. The maximum absolute atomic E-state index is 11.4. The Morgan fingerprint density at radius 2 is 1.83 bits per heavy atom. The van der Waals surface area contributed by atoms with Crippen molar-refractivity contribution in [3.8, 4) is 11.3 Å². The molecule has 0 aliphatic carbocycles. The molecule has 3 aromatic rings. The minimum absolute atomic E-state index is 0.388. The Morgan fingerprint density at radius 1 is 1.00 bits per heavy atom. The number of nitrogens with one attached hydrogen (secondary N) is 1. The van der Waals surface area contributed by atoms with Crippen molar-refractivity contribution < 1.29 is 9.53 Å². The molecule has 0 atom stereocenters. The monoisotopic (exact) mass is 393 g/mol. The van der Waals surface area contributed by atoms with Gasteiger partial charge in [0, 0.05) is 57.2 Å². The van der Waals surface area contributed by atoms with Crippen LogP contribution in [0.2, 0.25) is 0 Å². The van der Waals surface area contributed by atoms with Gasteiger partial charge in [-0.15, -0.1) is 0 Å². The summed E-state index contributed by atoms with van der Waals surface area (Å²) in [7, 11) is 0. The third kappa shape index (κ3) is 3.43. The number of aldehydes is 1. The smallest absolute Gasteiger partial charge is 0.181 e. The van der Waals surface area contributed by atoms with Crippen LogP contribution >= 0.6 is 0 Å². The number of anilines is 2. The molecular formula is C20H23N7O2. The summed E-state index contributed by atoms with van der Waals surface area (Å²) >= 11 is 0. The first-order valence-corrected chi connectivity index (χ1v) is 9.91. The molecule has 0 aromatic carbocycles. The molecule has 2 saturated heterocycles. The number of rotatable bonds is 4. The third-order valence-corrected chi connectivity index (χ3v) is 5.41. The van der Waals surface area contributed by atoms with Crippen LogP contribution in [0.1, 0.15) is 10.5 Å². The average Bonchev–Trinajstić information content (AvgIpc) is 3.24. The Balaban J connectivity index is 1.53. The molecule has 1 N–H and O–H groups in total. The molecule has 2 aliphatic heterocycles. The highest BCUT2D eigenvalue weighted by molar-refractivity contribution is 5.78. The number of fused-ring (bicyclic) bond motifs is 1. The number of carbonyl (C=O) groups is 1. The molecular weight excluding hydrogens is 370 g/mol. The Labute approximate surface area is 168 Å². The summed E-state index contributed by atoms with van der Waals surface area (Å²) in [5, 5.41) is 3.35. The Hall–Kier alpha value is -3.04. The van der Waals surface area contributed by atoms with Gasteiger partial charge < -0.3 is 19.9 Å². The zero-order valence-electron chi connectivity index (χ0n) is 16.1. The van der Waals surface area contributed by atoms with Gasteiger partial charge in [-0.25, -0.2) is 15.0 Å². The van der Waals surface area contributed by atoms with Crippen molar-refractivity contribution in [1.29, 1.82) is 0 Å². The maximum atomic E-state index is 11.4. The molecule has 0 spiro atoms. The predicted molar refractivity (Wildman–Crippen MR) is 110 cm³/mol. The summed E-state index contributed by atoms with van der Waals surface area (Å²) in [5.74, 6) is 1.75. The molecule has 0 bridgehead atoms. The van der Waals surface area contributed by atoms with E-state index in [4.69, 9.17) is 9.72 Å². The summed E-state index contributed by atoms with van der Waals surface area (Å²) < 4.78 is 7.38. The molecule has 0 saturated carbocycles. The minimum Gasteiger partial charge on any atom is -0.378 e. The molecule has 2 fully saturated rings. The molecule has 150 valence electrons. The number of morpholine rings is 1. The van der Waals surface area contributed by atoms with Crippen molar-refractivity contribution in [2.75, 3.05) is 62.3 Å². The van der Waals surface area contributed by atoms with Gasteiger partial charge in [0.25, 0.3) is 0 Å². The standard InChI is InChI=1S/C20H23N7O2/c28-14-16-13-27-17(12-23-19(20(27)24-16)26-7-9-29-10-8-26)15-1-2-18(22-11-15)25-5-3-21-4-6-25/h1-2,11-14,21H,3-10H2. The Bertz CT molecular complexity index is 1010. The molecule has 5 heterocycles. The van der Waals surface area contributed by atoms with Crippen LogP contribution in [-0.4, -0.2) is 78.1 Å².